The van der Waals surface area contributed by atoms with Crippen LogP contribution >= 0.6 is 0 Å². The Labute approximate surface area is 169 Å². The van der Waals surface area contributed by atoms with Gasteiger partial charge in [-0.25, -0.2) is 13.1 Å². The molecule has 1 N–H and O–H groups in total. The zero-order valence-corrected chi connectivity index (χ0v) is 16.9. The largest absolute Gasteiger partial charge is 0.343 e. The van der Waals surface area contributed by atoms with Crippen LogP contribution in [-0.4, -0.2) is 29.9 Å². The molecule has 2 aliphatic rings. The molecule has 0 radical (unpaired) electrons. The normalized spacial score (nSPS) is 19.0. The number of aryl methyl sites for hydroxylation is 1. The average molecular weight is 407 g/mol. The first-order valence-corrected chi connectivity index (χ1v) is 11.4. The van der Waals surface area contributed by atoms with E-state index >= 15 is 0 Å². The van der Waals surface area contributed by atoms with Crippen LogP contribution in [0.5, 0.6) is 0 Å². The van der Waals surface area contributed by atoms with Crippen LogP contribution in [0.4, 0.5) is 0 Å². The van der Waals surface area contributed by atoms with Crippen molar-refractivity contribution in [1.82, 2.24) is 15.1 Å². The highest BCUT2D eigenvalue weighted by atomic mass is 32.2. The van der Waals surface area contributed by atoms with Crippen LogP contribution in [0.2, 0.25) is 0 Å². The van der Waals surface area contributed by atoms with Crippen molar-refractivity contribution in [2.75, 3.05) is 5.75 Å². The van der Waals surface area contributed by atoms with Crippen molar-refractivity contribution < 1.29 is 13.2 Å². The topological polar surface area (TPSA) is 81.1 Å². The third-order valence-corrected chi connectivity index (χ3v) is 7.62. The molecule has 0 spiro atoms. The quantitative estimate of drug-likeness (QED) is 0.724. The van der Waals surface area contributed by atoms with Gasteiger partial charge in [0.15, 0.2) is 15.5 Å². The lowest BCUT2D eigenvalue weighted by molar-refractivity contribution is 0.0934. The van der Waals surface area contributed by atoms with E-state index in [-0.39, 0.29) is 11.7 Å². The molecule has 2 aromatic carbocycles. The second kappa shape index (κ2) is 6.56. The van der Waals surface area contributed by atoms with Gasteiger partial charge in [0.2, 0.25) is 0 Å². The summed E-state index contributed by atoms with van der Waals surface area (Å²) in [5.74, 6) is -0.425. The van der Waals surface area contributed by atoms with Crippen LogP contribution in [0.3, 0.4) is 0 Å². The van der Waals surface area contributed by atoms with Crippen LogP contribution in [-0.2, 0) is 22.7 Å². The molecule has 7 heteroatoms. The maximum absolute atomic E-state index is 13.1. The van der Waals surface area contributed by atoms with E-state index in [1.807, 2.05) is 35.9 Å². The fourth-order valence-electron chi connectivity index (χ4n) is 4.42. The minimum atomic E-state index is -3.38. The van der Waals surface area contributed by atoms with E-state index in [1.165, 1.54) is 0 Å². The van der Waals surface area contributed by atoms with Crippen LogP contribution < -0.4 is 5.32 Å². The highest BCUT2D eigenvalue weighted by molar-refractivity contribution is 7.91. The van der Waals surface area contributed by atoms with Crippen molar-refractivity contribution in [2.24, 2.45) is 0 Å². The van der Waals surface area contributed by atoms with Crippen molar-refractivity contribution >= 4 is 15.7 Å². The van der Waals surface area contributed by atoms with Gasteiger partial charge in [-0.15, -0.1) is 0 Å². The summed E-state index contributed by atoms with van der Waals surface area (Å²) in [6, 6.07) is 14.3. The van der Waals surface area contributed by atoms with Gasteiger partial charge in [0.25, 0.3) is 5.91 Å². The Morgan fingerprint density at radius 3 is 2.69 bits per heavy atom. The van der Waals surface area contributed by atoms with Crippen LogP contribution in [0, 0.1) is 6.92 Å². The fourth-order valence-corrected chi connectivity index (χ4v) is 6.15. The molecule has 0 saturated carbocycles. The third-order valence-electron chi connectivity index (χ3n) is 5.81. The SMILES string of the molecule is Cc1ccccc1-n1nc(C(=O)N[C@H]2CS(=O)(=O)c3ccccc32)c2c1CCC2. The highest BCUT2D eigenvalue weighted by Crippen LogP contribution is 2.34. The zero-order valence-electron chi connectivity index (χ0n) is 16.1. The molecule has 5 rings (SSSR count). The van der Waals surface area contributed by atoms with Gasteiger partial charge in [-0.05, 0) is 49.4 Å². The van der Waals surface area contributed by atoms with Gasteiger partial charge < -0.3 is 5.32 Å². The lowest BCUT2D eigenvalue weighted by atomic mass is 10.1. The molecule has 148 valence electrons. The van der Waals surface area contributed by atoms with Gasteiger partial charge in [-0.2, -0.15) is 5.10 Å². The summed E-state index contributed by atoms with van der Waals surface area (Å²) in [4.78, 5) is 13.4. The molecule has 0 saturated heterocycles. The summed E-state index contributed by atoms with van der Waals surface area (Å²) >= 11 is 0. The number of nitrogens with zero attached hydrogens (tertiary/aromatic N) is 2. The number of hydrogen-bond donors (Lipinski definition) is 1. The summed E-state index contributed by atoms with van der Waals surface area (Å²) in [6.45, 7) is 2.03. The van der Waals surface area contributed by atoms with Crippen molar-refractivity contribution in [3.8, 4) is 5.69 Å². The predicted molar refractivity (Wildman–Crippen MR) is 109 cm³/mol. The number of benzene rings is 2. The molecule has 1 atom stereocenters. The Hall–Kier alpha value is -2.93. The van der Waals surface area contributed by atoms with Gasteiger partial charge in [0.05, 0.1) is 22.4 Å². The minimum absolute atomic E-state index is 0.112. The molecular formula is C22H21N3O3S. The van der Waals surface area contributed by atoms with Crippen molar-refractivity contribution in [3.05, 3.63) is 76.6 Å². The number of para-hydroxylation sites is 1. The molecule has 0 fully saturated rings. The van der Waals surface area contributed by atoms with Gasteiger partial charge in [0.1, 0.15) is 0 Å². The third kappa shape index (κ3) is 2.88. The van der Waals surface area contributed by atoms with Crippen molar-refractivity contribution in [2.45, 2.75) is 37.1 Å². The summed E-state index contributed by atoms with van der Waals surface area (Å²) in [5.41, 5.74) is 5.16. The molecule has 2 heterocycles. The summed E-state index contributed by atoms with van der Waals surface area (Å²) in [6.07, 6.45) is 2.67. The number of aromatic nitrogens is 2. The smallest absolute Gasteiger partial charge is 0.272 e. The van der Waals surface area contributed by atoms with E-state index in [9.17, 15) is 13.2 Å². The van der Waals surface area contributed by atoms with Gasteiger partial charge in [-0.1, -0.05) is 36.4 Å². The summed E-state index contributed by atoms with van der Waals surface area (Å²) in [5, 5.41) is 7.57. The molecule has 6 nitrogen and oxygen atoms in total. The second-order valence-electron chi connectivity index (χ2n) is 7.67. The number of fused-ring (bicyclic) bond motifs is 2. The summed E-state index contributed by atoms with van der Waals surface area (Å²) in [7, 11) is -3.38. The molecule has 1 amide bonds. The van der Waals surface area contributed by atoms with Crippen LogP contribution in [0.15, 0.2) is 53.4 Å². The van der Waals surface area contributed by atoms with E-state index in [4.69, 9.17) is 0 Å². The first kappa shape index (κ1) is 18.1. The van der Waals surface area contributed by atoms with Crippen molar-refractivity contribution in [1.29, 1.82) is 0 Å². The number of nitrogens with one attached hydrogen (secondary N) is 1. The molecular weight excluding hydrogens is 386 g/mol. The average Bonchev–Trinajstić information content (AvgIpc) is 3.36. The fraction of sp³-hybridized carbons (Fsp3) is 0.273. The zero-order chi connectivity index (χ0) is 20.2. The number of rotatable bonds is 3. The van der Waals surface area contributed by atoms with Gasteiger partial charge >= 0.3 is 0 Å². The van der Waals surface area contributed by atoms with Crippen LogP contribution in [0.1, 0.15) is 45.3 Å². The number of sulfone groups is 1. The Morgan fingerprint density at radius 2 is 1.86 bits per heavy atom. The lowest BCUT2D eigenvalue weighted by Gasteiger charge is -2.12. The number of carbonyl (C=O) groups excluding carboxylic acids is 1. The monoisotopic (exact) mass is 407 g/mol. The van der Waals surface area contributed by atoms with Crippen molar-refractivity contribution in [3.63, 3.8) is 0 Å². The van der Waals surface area contributed by atoms with E-state index < -0.39 is 15.9 Å². The molecule has 3 aromatic rings. The number of amides is 1. The highest BCUT2D eigenvalue weighted by Gasteiger charge is 2.36. The Bertz CT molecular complexity index is 1240. The molecule has 0 unspecified atom stereocenters. The molecule has 1 aromatic heterocycles. The number of hydrogen-bond acceptors (Lipinski definition) is 4. The molecule has 1 aliphatic heterocycles. The summed E-state index contributed by atoms with van der Waals surface area (Å²) < 4.78 is 26.7. The van der Waals surface area contributed by atoms with Gasteiger partial charge in [0, 0.05) is 11.3 Å². The lowest BCUT2D eigenvalue weighted by Crippen LogP contribution is -2.30. The Morgan fingerprint density at radius 1 is 1.10 bits per heavy atom. The first-order valence-electron chi connectivity index (χ1n) is 9.75. The number of carbonyl (C=O) groups is 1. The molecule has 29 heavy (non-hydrogen) atoms. The van der Waals surface area contributed by atoms with E-state index in [0.29, 0.717) is 16.2 Å². The Kier molecular flexibility index (Phi) is 4.10. The maximum Gasteiger partial charge on any atom is 0.272 e. The van der Waals surface area contributed by atoms with Gasteiger partial charge in [-0.3, -0.25) is 4.79 Å². The first-order chi connectivity index (χ1) is 14.0. The standard InChI is InChI=1S/C22H21N3O3S/c1-14-7-2-4-10-18(14)25-19-11-6-9-16(19)21(24-25)22(26)23-17-13-29(27,28)20-12-5-3-8-15(17)20/h2-5,7-8,10,12,17H,6,9,11,13H2,1H3,(H,23,26)/t17-/m0/s1. The predicted octanol–water partition coefficient (Wildman–Crippen LogP) is 2.93. The van der Waals surface area contributed by atoms with Crippen LogP contribution in [0.25, 0.3) is 5.69 Å². The second-order valence-corrected chi connectivity index (χ2v) is 9.67. The maximum atomic E-state index is 13.1. The minimum Gasteiger partial charge on any atom is -0.343 e. The molecule has 0 bridgehead atoms. The van der Waals surface area contributed by atoms with E-state index in [2.05, 4.69) is 10.4 Å². The van der Waals surface area contributed by atoms with E-state index in [0.717, 1.165) is 41.8 Å². The van der Waals surface area contributed by atoms with E-state index in [1.54, 1.807) is 24.3 Å². The Balaban J connectivity index is 1.51. The molecule has 1 aliphatic carbocycles.